The van der Waals surface area contributed by atoms with Crippen LogP contribution < -0.4 is 0 Å². The summed E-state index contributed by atoms with van der Waals surface area (Å²) in [5.41, 5.74) is 0. The highest BCUT2D eigenvalue weighted by Gasteiger charge is 2.42. The fourth-order valence-corrected chi connectivity index (χ4v) is 6.84. The molecule has 9 nitrogen and oxygen atoms in total. The standard InChI is InChI=1S/C26H39N9/c27-8-12-31-16-23(22-6-2-1-3-7-22)17-34(20-31)25(14-29)26(15-30)35-19-24(33-10-4-5-11-33)18-32(21-35)13-9-28/h22-26H,1-7,10-13,16-21H2. The molecule has 4 atom stereocenters. The summed E-state index contributed by atoms with van der Waals surface area (Å²) in [4.78, 5) is 11.1. The van der Waals surface area contributed by atoms with Crippen molar-refractivity contribution < 1.29 is 0 Å². The van der Waals surface area contributed by atoms with Crippen molar-refractivity contribution in [3.05, 3.63) is 0 Å². The Morgan fingerprint density at radius 2 is 1.20 bits per heavy atom. The van der Waals surface area contributed by atoms with Gasteiger partial charge in [-0.05, 0) is 37.8 Å². The number of likely N-dealkylation sites (tertiary alicyclic amines) is 1. The average molecular weight is 478 g/mol. The smallest absolute Gasteiger partial charge is 0.128 e. The molecular weight excluding hydrogens is 438 g/mol. The van der Waals surface area contributed by atoms with Gasteiger partial charge in [0, 0.05) is 32.2 Å². The average Bonchev–Trinajstić information content (AvgIpc) is 3.43. The van der Waals surface area contributed by atoms with Crippen LogP contribution >= 0.6 is 0 Å². The molecule has 0 aromatic carbocycles. The molecule has 1 aliphatic carbocycles. The fourth-order valence-electron chi connectivity index (χ4n) is 6.84. The molecule has 0 aromatic rings. The first kappa shape index (κ1) is 25.8. The second-order valence-corrected chi connectivity index (χ2v) is 10.9. The predicted octanol–water partition coefficient (Wildman–Crippen LogP) is 1.63. The van der Waals surface area contributed by atoms with Gasteiger partial charge < -0.3 is 0 Å². The van der Waals surface area contributed by atoms with E-state index in [0.29, 0.717) is 38.3 Å². The minimum Gasteiger partial charge on any atom is -0.298 e. The highest BCUT2D eigenvalue weighted by Crippen LogP contribution is 2.34. The summed E-state index contributed by atoms with van der Waals surface area (Å²) in [7, 11) is 0. The zero-order valence-corrected chi connectivity index (χ0v) is 20.9. The zero-order valence-electron chi connectivity index (χ0n) is 20.9. The van der Waals surface area contributed by atoms with Crippen LogP contribution in [0.2, 0.25) is 0 Å². The molecule has 9 heteroatoms. The molecule has 4 unspecified atom stereocenters. The lowest BCUT2D eigenvalue weighted by Gasteiger charge is -2.48. The third-order valence-electron chi connectivity index (χ3n) is 8.55. The van der Waals surface area contributed by atoms with Crippen LogP contribution in [-0.2, 0) is 0 Å². The molecule has 0 amide bonds. The van der Waals surface area contributed by atoms with Gasteiger partial charge >= 0.3 is 0 Å². The van der Waals surface area contributed by atoms with Crippen molar-refractivity contribution in [3.8, 4) is 24.3 Å². The van der Waals surface area contributed by atoms with E-state index in [2.05, 4.69) is 48.8 Å². The molecule has 1 saturated carbocycles. The van der Waals surface area contributed by atoms with Crippen molar-refractivity contribution in [3.63, 3.8) is 0 Å². The zero-order chi connectivity index (χ0) is 24.6. The molecule has 188 valence electrons. The molecule has 4 rings (SSSR count). The largest absolute Gasteiger partial charge is 0.298 e. The Kier molecular flexibility index (Phi) is 9.33. The van der Waals surface area contributed by atoms with Gasteiger partial charge in [0.25, 0.3) is 0 Å². The summed E-state index contributed by atoms with van der Waals surface area (Å²) in [6.45, 7) is 7.21. The minimum atomic E-state index is -0.569. The van der Waals surface area contributed by atoms with Gasteiger partial charge in [0.2, 0.25) is 0 Å². The third kappa shape index (κ3) is 6.31. The molecule has 4 aliphatic rings. The molecule has 35 heavy (non-hydrogen) atoms. The van der Waals surface area contributed by atoms with Gasteiger partial charge in [0.15, 0.2) is 0 Å². The third-order valence-corrected chi connectivity index (χ3v) is 8.55. The van der Waals surface area contributed by atoms with Crippen LogP contribution in [-0.4, -0.2) is 108 Å². The van der Waals surface area contributed by atoms with Gasteiger partial charge in [-0.1, -0.05) is 32.1 Å². The van der Waals surface area contributed by atoms with Crippen molar-refractivity contribution in [2.75, 3.05) is 65.7 Å². The van der Waals surface area contributed by atoms with Crippen molar-refractivity contribution in [1.29, 1.82) is 21.0 Å². The maximum atomic E-state index is 10.3. The van der Waals surface area contributed by atoms with Crippen LogP contribution in [0.5, 0.6) is 0 Å². The van der Waals surface area contributed by atoms with Crippen molar-refractivity contribution >= 4 is 0 Å². The highest BCUT2D eigenvalue weighted by atomic mass is 15.4. The quantitative estimate of drug-likeness (QED) is 0.505. The predicted molar refractivity (Wildman–Crippen MR) is 131 cm³/mol. The van der Waals surface area contributed by atoms with Crippen LogP contribution in [0.3, 0.4) is 0 Å². The van der Waals surface area contributed by atoms with Crippen molar-refractivity contribution in [2.45, 2.75) is 63.1 Å². The molecule has 0 aromatic heterocycles. The Bertz CT molecular complexity index is 852. The number of nitriles is 4. The van der Waals surface area contributed by atoms with Crippen LogP contribution in [0.25, 0.3) is 0 Å². The van der Waals surface area contributed by atoms with Gasteiger partial charge in [-0.25, -0.2) is 0 Å². The molecule has 3 heterocycles. The van der Waals surface area contributed by atoms with Crippen LogP contribution in [0.1, 0.15) is 44.9 Å². The van der Waals surface area contributed by atoms with Crippen molar-refractivity contribution in [2.24, 2.45) is 11.8 Å². The lowest BCUT2D eigenvalue weighted by molar-refractivity contribution is -0.0292. The van der Waals surface area contributed by atoms with E-state index >= 15 is 0 Å². The first-order chi connectivity index (χ1) is 17.2. The van der Waals surface area contributed by atoms with Gasteiger partial charge in [-0.2, -0.15) is 21.0 Å². The number of nitrogens with zero attached hydrogens (tertiary/aromatic N) is 9. The maximum Gasteiger partial charge on any atom is 0.128 e. The fraction of sp³-hybridized carbons (Fsp3) is 0.846. The van der Waals surface area contributed by atoms with Gasteiger partial charge in [0.1, 0.15) is 12.1 Å². The molecule has 0 spiro atoms. The summed E-state index contributed by atoms with van der Waals surface area (Å²) in [6.07, 6.45) is 8.68. The van der Waals surface area contributed by atoms with E-state index in [-0.39, 0.29) is 6.04 Å². The topological polar surface area (TPSA) is 111 Å². The molecule has 0 radical (unpaired) electrons. The second kappa shape index (κ2) is 12.6. The lowest BCUT2D eigenvalue weighted by Crippen LogP contribution is -2.64. The van der Waals surface area contributed by atoms with Gasteiger partial charge in [-0.15, -0.1) is 0 Å². The summed E-state index contributed by atoms with van der Waals surface area (Å²) >= 11 is 0. The van der Waals surface area contributed by atoms with E-state index < -0.39 is 12.1 Å². The van der Waals surface area contributed by atoms with E-state index in [4.69, 9.17) is 0 Å². The number of rotatable bonds is 7. The minimum absolute atomic E-state index is 0.279. The SMILES string of the molecule is N#CCN1CC(C2CCCCC2)CN(C(C#N)C(C#N)N2CC(N3CCCC3)CN(CC#N)C2)C1. The Labute approximate surface area is 210 Å². The maximum absolute atomic E-state index is 10.3. The first-order valence-corrected chi connectivity index (χ1v) is 13.4. The Balaban J connectivity index is 1.52. The lowest BCUT2D eigenvalue weighted by atomic mass is 9.78. The van der Waals surface area contributed by atoms with Gasteiger partial charge in [-0.3, -0.25) is 24.5 Å². The Morgan fingerprint density at radius 3 is 1.77 bits per heavy atom. The number of hydrogen-bond donors (Lipinski definition) is 0. The van der Waals surface area contributed by atoms with E-state index in [9.17, 15) is 21.0 Å². The van der Waals surface area contributed by atoms with Crippen LogP contribution in [0.4, 0.5) is 0 Å². The van der Waals surface area contributed by atoms with Crippen molar-refractivity contribution in [1.82, 2.24) is 24.5 Å². The molecule has 0 N–H and O–H groups in total. The highest BCUT2D eigenvalue weighted by molar-refractivity contribution is 5.12. The van der Waals surface area contributed by atoms with E-state index in [1.165, 1.54) is 44.9 Å². The Morgan fingerprint density at radius 1 is 0.629 bits per heavy atom. The van der Waals surface area contributed by atoms with E-state index in [1.807, 2.05) is 0 Å². The first-order valence-electron chi connectivity index (χ1n) is 13.4. The Hall–Kier alpha value is -2.24. The summed E-state index contributed by atoms with van der Waals surface area (Å²) < 4.78 is 0. The monoisotopic (exact) mass is 477 g/mol. The number of hydrogen-bond acceptors (Lipinski definition) is 9. The van der Waals surface area contributed by atoms with E-state index in [1.54, 1.807) is 0 Å². The summed E-state index contributed by atoms with van der Waals surface area (Å²) in [5.74, 6) is 1.06. The molecule has 0 bridgehead atoms. The van der Waals surface area contributed by atoms with Crippen LogP contribution in [0.15, 0.2) is 0 Å². The molecule has 3 saturated heterocycles. The van der Waals surface area contributed by atoms with E-state index in [0.717, 1.165) is 39.3 Å². The summed E-state index contributed by atoms with van der Waals surface area (Å²) in [5, 5.41) is 39.4. The molecule has 4 fully saturated rings. The summed E-state index contributed by atoms with van der Waals surface area (Å²) in [6, 6.07) is 8.71. The van der Waals surface area contributed by atoms with Gasteiger partial charge in [0.05, 0.1) is 50.7 Å². The molecule has 3 aliphatic heterocycles. The second-order valence-electron chi connectivity index (χ2n) is 10.9. The normalized spacial score (nSPS) is 30.1. The van der Waals surface area contributed by atoms with Crippen LogP contribution in [0, 0.1) is 57.2 Å². The molecular formula is C26H39N9.